The summed E-state index contributed by atoms with van der Waals surface area (Å²) < 4.78 is 19.8. The number of anilines is 1. The molecule has 7 heteroatoms. The number of nitrogens with zero attached hydrogens (tertiary/aromatic N) is 1. The van der Waals surface area contributed by atoms with Gasteiger partial charge in [0.2, 0.25) is 0 Å². The Balaban J connectivity index is 2.29. The molecule has 20 heavy (non-hydrogen) atoms. The van der Waals surface area contributed by atoms with Crippen molar-refractivity contribution >= 4 is 39.6 Å². The second-order valence-electron chi connectivity index (χ2n) is 5.80. The van der Waals surface area contributed by atoms with E-state index in [1.54, 1.807) is 12.1 Å². The molecule has 0 radical (unpaired) electrons. The molecule has 1 aliphatic rings. The first-order valence-electron chi connectivity index (χ1n) is 6.27. The van der Waals surface area contributed by atoms with Crippen LogP contribution in [0.5, 0.6) is 0 Å². The van der Waals surface area contributed by atoms with Gasteiger partial charge in [-0.15, -0.1) is 0 Å². The van der Waals surface area contributed by atoms with E-state index >= 15 is 0 Å². The van der Waals surface area contributed by atoms with Crippen molar-refractivity contribution in [3.63, 3.8) is 0 Å². The second kappa shape index (κ2) is 5.23. The standard InChI is InChI=1S/C10H8FN2O3.3CH3.Sn/c11-6-2-1-3-7(4-6)13-5-8(9(12)14)16-10(13)15;;;;/h1,3-4,8H,5H2,(H2,12,14);3*1H3;/t8-;;;;/m1..../s1. The van der Waals surface area contributed by atoms with Gasteiger partial charge >= 0.3 is 120 Å². The summed E-state index contributed by atoms with van der Waals surface area (Å²) in [5.41, 5.74) is 5.49. The summed E-state index contributed by atoms with van der Waals surface area (Å²) in [4.78, 5) is 30.3. The van der Waals surface area contributed by atoms with Crippen molar-refractivity contribution in [1.29, 1.82) is 0 Å². The number of hydrogen-bond acceptors (Lipinski definition) is 3. The maximum absolute atomic E-state index is 14.2. The number of carbonyl (C=O) groups is 2. The summed E-state index contributed by atoms with van der Waals surface area (Å²) in [6.45, 7) is 0.0196. The van der Waals surface area contributed by atoms with Gasteiger partial charge in [-0.2, -0.15) is 0 Å². The van der Waals surface area contributed by atoms with Crippen LogP contribution < -0.4 is 14.2 Å². The van der Waals surface area contributed by atoms with E-state index in [0.717, 1.165) is 3.58 Å². The van der Waals surface area contributed by atoms with E-state index < -0.39 is 36.5 Å². The minimum atomic E-state index is -2.51. The second-order valence-corrected chi connectivity index (χ2v) is 20.2. The van der Waals surface area contributed by atoms with Crippen LogP contribution in [0.2, 0.25) is 14.8 Å². The van der Waals surface area contributed by atoms with Crippen LogP contribution in [0.15, 0.2) is 18.2 Å². The Morgan fingerprint density at radius 3 is 2.55 bits per heavy atom. The first-order chi connectivity index (χ1) is 9.20. The van der Waals surface area contributed by atoms with E-state index in [2.05, 4.69) is 14.8 Å². The number of ether oxygens (including phenoxy) is 1. The molecule has 1 atom stereocenters. The summed E-state index contributed by atoms with van der Waals surface area (Å²) in [6.07, 6.45) is -1.66. The Labute approximate surface area is 120 Å². The van der Waals surface area contributed by atoms with Crippen LogP contribution >= 0.6 is 0 Å². The molecule has 1 heterocycles. The molecule has 0 saturated carbocycles. The monoisotopic (exact) mass is 388 g/mol. The average Bonchev–Trinajstić information content (AvgIpc) is 2.69. The van der Waals surface area contributed by atoms with Crippen LogP contribution in [0.4, 0.5) is 14.9 Å². The first kappa shape index (κ1) is 15.1. The number of benzene rings is 1. The number of carbonyl (C=O) groups excluding carboxylic acids is 2. The average molecular weight is 387 g/mol. The van der Waals surface area contributed by atoms with Crippen LogP contribution in [0.25, 0.3) is 0 Å². The van der Waals surface area contributed by atoms with Crippen LogP contribution in [0, 0.1) is 5.82 Å². The zero-order valence-electron chi connectivity index (χ0n) is 11.6. The SMILES string of the molecule is [CH3][Sn]([CH3])([CH3])[c]1ccc(N2C[C@H](C(N)=O)OC2=O)cc1F. The van der Waals surface area contributed by atoms with Gasteiger partial charge in [0.25, 0.3) is 0 Å². The molecular formula is C13H17FN2O3Sn. The summed E-state index contributed by atoms with van der Waals surface area (Å²) in [6, 6.07) is 4.74. The predicted octanol–water partition coefficient (Wildman–Crippen LogP) is 1.18. The molecule has 2 amide bonds. The van der Waals surface area contributed by atoms with Crippen molar-refractivity contribution in [3.05, 3.63) is 24.0 Å². The fourth-order valence-electron chi connectivity index (χ4n) is 2.10. The van der Waals surface area contributed by atoms with E-state index in [1.807, 2.05) is 0 Å². The van der Waals surface area contributed by atoms with Gasteiger partial charge in [0.1, 0.15) is 0 Å². The van der Waals surface area contributed by atoms with Gasteiger partial charge < -0.3 is 0 Å². The van der Waals surface area contributed by atoms with Gasteiger partial charge in [-0.1, -0.05) is 0 Å². The number of amides is 2. The van der Waals surface area contributed by atoms with Gasteiger partial charge in [0, 0.05) is 0 Å². The number of nitrogens with two attached hydrogens (primary N) is 1. The number of halogens is 1. The molecule has 0 aromatic heterocycles. The van der Waals surface area contributed by atoms with Crippen LogP contribution in [0.3, 0.4) is 0 Å². The summed E-state index contributed by atoms with van der Waals surface area (Å²) in [5, 5.41) is 0. The van der Waals surface area contributed by atoms with Gasteiger partial charge in [0.05, 0.1) is 0 Å². The molecule has 0 spiro atoms. The Hall–Kier alpha value is -1.31. The van der Waals surface area contributed by atoms with Gasteiger partial charge in [-0.25, -0.2) is 0 Å². The zero-order valence-corrected chi connectivity index (χ0v) is 14.5. The van der Waals surface area contributed by atoms with Crippen LogP contribution in [-0.2, 0) is 9.53 Å². The predicted molar refractivity (Wildman–Crippen MR) is 76.2 cm³/mol. The molecule has 2 rings (SSSR count). The third-order valence-corrected chi connectivity index (χ3v) is 8.97. The van der Waals surface area contributed by atoms with Crippen LogP contribution in [0.1, 0.15) is 0 Å². The fraction of sp³-hybridized carbons (Fsp3) is 0.385. The normalized spacial score (nSPS) is 19.1. The van der Waals surface area contributed by atoms with Crippen LogP contribution in [-0.4, -0.2) is 43.0 Å². The number of rotatable bonds is 3. The third-order valence-electron chi connectivity index (χ3n) is 3.20. The van der Waals surface area contributed by atoms with Crippen molar-refractivity contribution in [2.45, 2.75) is 20.9 Å². The van der Waals surface area contributed by atoms with E-state index in [0.29, 0.717) is 5.69 Å². The Morgan fingerprint density at radius 1 is 1.45 bits per heavy atom. The molecule has 0 unspecified atom stereocenters. The Morgan fingerprint density at radius 2 is 2.10 bits per heavy atom. The van der Waals surface area contributed by atoms with E-state index in [9.17, 15) is 14.0 Å². The summed E-state index contributed by atoms with van der Waals surface area (Å²) in [7, 11) is 0. The number of hydrogen-bond donors (Lipinski definition) is 1. The molecule has 1 fully saturated rings. The van der Waals surface area contributed by atoms with E-state index in [4.69, 9.17) is 10.5 Å². The maximum atomic E-state index is 14.2. The van der Waals surface area contributed by atoms with Gasteiger partial charge in [-0.05, 0) is 0 Å². The third kappa shape index (κ3) is 2.89. The molecule has 1 saturated heterocycles. The van der Waals surface area contributed by atoms with Crippen molar-refractivity contribution in [2.24, 2.45) is 5.73 Å². The topological polar surface area (TPSA) is 72.6 Å². The Kier molecular flexibility index (Phi) is 3.95. The number of cyclic esters (lactones) is 1. The van der Waals surface area contributed by atoms with Gasteiger partial charge in [-0.3, -0.25) is 0 Å². The summed E-state index contributed by atoms with van der Waals surface area (Å²) >= 11 is -2.51. The fourth-order valence-corrected chi connectivity index (χ4v) is 6.02. The first-order valence-corrected chi connectivity index (χ1v) is 16.3. The van der Waals surface area contributed by atoms with Crippen molar-refractivity contribution in [3.8, 4) is 0 Å². The molecule has 0 aliphatic carbocycles. The molecule has 5 nitrogen and oxygen atoms in total. The van der Waals surface area contributed by atoms with Crippen molar-refractivity contribution in [1.82, 2.24) is 0 Å². The zero-order chi connectivity index (χ0) is 15.1. The number of primary amides is 1. The molecule has 1 aromatic carbocycles. The molecule has 2 N–H and O–H groups in total. The summed E-state index contributed by atoms with van der Waals surface area (Å²) in [5.74, 6) is -1.01. The van der Waals surface area contributed by atoms with Gasteiger partial charge in [0.15, 0.2) is 0 Å². The minimum absolute atomic E-state index is 0.0196. The molecule has 1 aliphatic heterocycles. The Bertz CT molecular complexity index is 571. The molecule has 0 bridgehead atoms. The van der Waals surface area contributed by atoms with E-state index in [-0.39, 0.29) is 12.4 Å². The molecular weight excluding hydrogens is 370 g/mol. The quantitative estimate of drug-likeness (QED) is 0.793. The van der Waals surface area contributed by atoms with Crippen molar-refractivity contribution in [2.75, 3.05) is 11.4 Å². The molecule has 108 valence electrons. The van der Waals surface area contributed by atoms with E-state index in [1.165, 1.54) is 11.0 Å². The van der Waals surface area contributed by atoms with Crippen molar-refractivity contribution < 1.29 is 18.7 Å². The molecule has 1 aromatic rings.